The van der Waals surface area contributed by atoms with Gasteiger partial charge >= 0.3 is 0 Å². The van der Waals surface area contributed by atoms with Gasteiger partial charge in [-0.25, -0.2) is 4.98 Å². The number of rotatable bonds is 5. The summed E-state index contributed by atoms with van der Waals surface area (Å²) in [7, 11) is 0. The SMILES string of the molecule is CCC[C@H](c1ccccc1)n1ccc(-c2ccnc3[nH]ccc23)c1. The fourth-order valence-corrected chi connectivity index (χ4v) is 3.42. The molecule has 0 bridgehead atoms. The lowest BCUT2D eigenvalue weighted by Gasteiger charge is -2.19. The molecule has 0 fully saturated rings. The lowest BCUT2D eigenvalue weighted by molar-refractivity contribution is 0.535. The molecule has 0 spiro atoms. The summed E-state index contributed by atoms with van der Waals surface area (Å²) in [6, 6.07) is 17.5. The number of nitrogens with zero attached hydrogens (tertiary/aromatic N) is 2. The van der Waals surface area contributed by atoms with E-state index in [4.69, 9.17) is 0 Å². The number of benzene rings is 1. The van der Waals surface area contributed by atoms with Crippen LogP contribution < -0.4 is 0 Å². The largest absolute Gasteiger partial charge is 0.346 e. The number of aromatic nitrogens is 3. The van der Waals surface area contributed by atoms with E-state index in [1.54, 1.807) is 0 Å². The van der Waals surface area contributed by atoms with E-state index in [9.17, 15) is 0 Å². The third-order valence-electron chi connectivity index (χ3n) is 4.59. The highest BCUT2D eigenvalue weighted by Crippen LogP contribution is 2.30. The van der Waals surface area contributed by atoms with Crippen LogP contribution in [-0.2, 0) is 0 Å². The molecule has 120 valence electrons. The summed E-state index contributed by atoms with van der Waals surface area (Å²) in [5.41, 5.74) is 4.76. The molecule has 0 radical (unpaired) electrons. The average Bonchev–Trinajstić information content (AvgIpc) is 3.29. The van der Waals surface area contributed by atoms with E-state index in [-0.39, 0.29) is 0 Å². The minimum absolute atomic E-state index is 0.383. The highest BCUT2D eigenvalue weighted by molar-refractivity contribution is 5.92. The summed E-state index contributed by atoms with van der Waals surface area (Å²) in [4.78, 5) is 7.57. The zero-order chi connectivity index (χ0) is 16.4. The molecule has 3 heterocycles. The second kappa shape index (κ2) is 6.36. The van der Waals surface area contributed by atoms with Gasteiger partial charge in [0.1, 0.15) is 5.65 Å². The van der Waals surface area contributed by atoms with Crippen LogP contribution in [-0.4, -0.2) is 14.5 Å². The van der Waals surface area contributed by atoms with E-state index in [1.165, 1.54) is 22.1 Å². The molecule has 0 aliphatic carbocycles. The zero-order valence-corrected chi connectivity index (χ0v) is 13.8. The molecule has 0 aliphatic heterocycles. The molecule has 0 saturated heterocycles. The van der Waals surface area contributed by atoms with Gasteiger partial charge in [-0.3, -0.25) is 0 Å². The maximum Gasteiger partial charge on any atom is 0.137 e. The number of nitrogens with one attached hydrogen (secondary N) is 1. The number of hydrogen-bond donors (Lipinski definition) is 1. The number of aromatic amines is 1. The normalized spacial score (nSPS) is 12.5. The Balaban J connectivity index is 1.74. The number of H-pyrrole nitrogens is 1. The number of hydrogen-bond acceptors (Lipinski definition) is 1. The van der Waals surface area contributed by atoms with Gasteiger partial charge in [-0.1, -0.05) is 43.7 Å². The summed E-state index contributed by atoms with van der Waals surface area (Å²) in [5.74, 6) is 0. The van der Waals surface area contributed by atoms with Crippen molar-refractivity contribution >= 4 is 11.0 Å². The summed E-state index contributed by atoms with van der Waals surface area (Å²) in [6.07, 6.45) is 10.6. The zero-order valence-electron chi connectivity index (χ0n) is 13.8. The first-order chi connectivity index (χ1) is 11.9. The van der Waals surface area contributed by atoms with Gasteiger partial charge in [-0.05, 0) is 35.7 Å². The predicted molar refractivity (Wildman–Crippen MR) is 99.0 cm³/mol. The standard InChI is InChI=1S/C21H21N3/c1-2-6-20(16-7-4-3-5-8-16)24-14-11-17(15-24)18-9-12-22-21-19(18)10-13-23-21/h3-5,7-15,20H,2,6H2,1H3,(H,22,23)/t20-/m1/s1. The minimum Gasteiger partial charge on any atom is -0.346 e. The molecule has 4 rings (SSSR count). The topological polar surface area (TPSA) is 33.6 Å². The third kappa shape index (κ3) is 2.62. The monoisotopic (exact) mass is 315 g/mol. The quantitative estimate of drug-likeness (QED) is 0.524. The lowest BCUT2D eigenvalue weighted by Crippen LogP contribution is -2.08. The van der Waals surface area contributed by atoms with Gasteiger partial charge in [0, 0.05) is 35.7 Å². The van der Waals surface area contributed by atoms with Crippen molar-refractivity contribution in [2.45, 2.75) is 25.8 Å². The van der Waals surface area contributed by atoms with Crippen LogP contribution in [0.3, 0.4) is 0 Å². The van der Waals surface area contributed by atoms with Gasteiger partial charge in [0.15, 0.2) is 0 Å². The Morgan fingerprint density at radius 1 is 1.08 bits per heavy atom. The molecule has 24 heavy (non-hydrogen) atoms. The van der Waals surface area contributed by atoms with Crippen LogP contribution >= 0.6 is 0 Å². The summed E-state index contributed by atoms with van der Waals surface area (Å²) < 4.78 is 2.34. The van der Waals surface area contributed by atoms with Crippen molar-refractivity contribution in [3.05, 3.63) is 78.9 Å². The molecule has 0 saturated carbocycles. The smallest absolute Gasteiger partial charge is 0.137 e. The maximum atomic E-state index is 4.38. The molecule has 1 aromatic carbocycles. The third-order valence-corrected chi connectivity index (χ3v) is 4.59. The van der Waals surface area contributed by atoms with E-state index in [1.807, 2.05) is 12.4 Å². The Labute approximate surface area is 142 Å². The Bertz CT molecular complexity index is 934. The Hall–Kier alpha value is -2.81. The van der Waals surface area contributed by atoms with Crippen molar-refractivity contribution in [1.29, 1.82) is 0 Å². The van der Waals surface area contributed by atoms with Crippen molar-refractivity contribution in [3.63, 3.8) is 0 Å². The second-order valence-corrected chi connectivity index (χ2v) is 6.16. The van der Waals surface area contributed by atoms with Gasteiger partial charge in [-0.15, -0.1) is 0 Å². The molecule has 3 aromatic heterocycles. The average molecular weight is 315 g/mol. The van der Waals surface area contributed by atoms with Crippen molar-refractivity contribution in [3.8, 4) is 11.1 Å². The van der Waals surface area contributed by atoms with Crippen molar-refractivity contribution in [2.24, 2.45) is 0 Å². The summed E-state index contributed by atoms with van der Waals surface area (Å²) in [5, 5.41) is 1.17. The molecule has 3 heteroatoms. The van der Waals surface area contributed by atoms with Crippen molar-refractivity contribution in [2.75, 3.05) is 0 Å². The molecule has 3 nitrogen and oxygen atoms in total. The first kappa shape index (κ1) is 14.8. The van der Waals surface area contributed by atoms with Crippen molar-refractivity contribution < 1.29 is 0 Å². The first-order valence-corrected chi connectivity index (χ1v) is 8.51. The van der Waals surface area contributed by atoms with Crippen LogP contribution in [0.1, 0.15) is 31.4 Å². The molecule has 1 N–H and O–H groups in total. The molecule has 1 atom stereocenters. The Morgan fingerprint density at radius 2 is 1.96 bits per heavy atom. The van der Waals surface area contributed by atoms with E-state index >= 15 is 0 Å². The highest BCUT2D eigenvalue weighted by atomic mass is 15.0. The van der Waals surface area contributed by atoms with Gasteiger partial charge in [0.05, 0.1) is 6.04 Å². The van der Waals surface area contributed by atoms with Crippen LogP contribution in [0.15, 0.2) is 73.3 Å². The van der Waals surface area contributed by atoms with Crippen LogP contribution in [0.5, 0.6) is 0 Å². The van der Waals surface area contributed by atoms with Crippen LogP contribution in [0.2, 0.25) is 0 Å². The Morgan fingerprint density at radius 3 is 2.79 bits per heavy atom. The molecular weight excluding hydrogens is 294 g/mol. The first-order valence-electron chi connectivity index (χ1n) is 8.51. The van der Waals surface area contributed by atoms with Gasteiger partial charge in [0.2, 0.25) is 0 Å². The Kier molecular flexibility index (Phi) is 3.91. The molecule has 0 amide bonds. The number of fused-ring (bicyclic) bond motifs is 1. The van der Waals surface area contributed by atoms with Crippen LogP contribution in [0, 0.1) is 0 Å². The fourth-order valence-electron chi connectivity index (χ4n) is 3.42. The molecule has 0 aliphatic rings. The molecule has 4 aromatic rings. The van der Waals surface area contributed by atoms with Gasteiger partial charge in [0.25, 0.3) is 0 Å². The summed E-state index contributed by atoms with van der Waals surface area (Å²) in [6.45, 7) is 2.24. The van der Waals surface area contributed by atoms with E-state index < -0.39 is 0 Å². The lowest BCUT2D eigenvalue weighted by atomic mass is 10.0. The molecular formula is C21H21N3. The van der Waals surface area contributed by atoms with Gasteiger partial charge in [-0.2, -0.15) is 0 Å². The van der Waals surface area contributed by atoms with E-state index in [0.29, 0.717) is 6.04 Å². The van der Waals surface area contributed by atoms with Crippen LogP contribution in [0.4, 0.5) is 0 Å². The van der Waals surface area contributed by atoms with E-state index in [0.717, 1.165) is 18.5 Å². The van der Waals surface area contributed by atoms with Crippen LogP contribution in [0.25, 0.3) is 22.2 Å². The predicted octanol–water partition coefficient (Wildman–Crippen LogP) is 5.42. The maximum absolute atomic E-state index is 4.38. The fraction of sp³-hybridized carbons (Fsp3) is 0.190. The molecule has 0 unspecified atom stereocenters. The van der Waals surface area contributed by atoms with Crippen molar-refractivity contribution in [1.82, 2.24) is 14.5 Å². The van der Waals surface area contributed by atoms with Gasteiger partial charge < -0.3 is 9.55 Å². The summed E-state index contributed by atoms with van der Waals surface area (Å²) >= 11 is 0. The minimum atomic E-state index is 0.383. The van der Waals surface area contributed by atoms with E-state index in [2.05, 4.69) is 82.4 Å². The second-order valence-electron chi connectivity index (χ2n) is 6.16. The highest BCUT2D eigenvalue weighted by Gasteiger charge is 2.14. The number of pyridine rings is 1.